The van der Waals surface area contributed by atoms with Crippen LogP contribution in [0, 0.1) is 0 Å². The second-order valence-electron chi connectivity index (χ2n) is 5.67. The number of carbonyl (C=O) groups is 1. The number of thiophene rings is 1. The third-order valence-electron chi connectivity index (χ3n) is 3.89. The molecule has 1 aliphatic rings. The quantitative estimate of drug-likeness (QED) is 0.877. The number of ether oxygens (including phenoxy) is 1. The molecular formula is C15H24N2O2S. The van der Waals surface area contributed by atoms with Gasteiger partial charge in [0.1, 0.15) is 0 Å². The van der Waals surface area contributed by atoms with Gasteiger partial charge in [-0.2, -0.15) is 0 Å². The highest BCUT2D eigenvalue weighted by Crippen LogP contribution is 2.20. The summed E-state index contributed by atoms with van der Waals surface area (Å²) in [7, 11) is 0. The SMILES string of the molecule is CCC(C)(N)C(=O)N(Cc1cccs1)CC1CCCO1. The first-order valence-corrected chi connectivity index (χ1v) is 8.13. The van der Waals surface area contributed by atoms with Crippen LogP contribution in [0.5, 0.6) is 0 Å². The first-order valence-electron chi connectivity index (χ1n) is 7.25. The van der Waals surface area contributed by atoms with Crippen molar-refractivity contribution in [3.05, 3.63) is 22.4 Å². The van der Waals surface area contributed by atoms with Crippen molar-refractivity contribution in [1.29, 1.82) is 0 Å². The third-order valence-corrected chi connectivity index (χ3v) is 4.75. The lowest BCUT2D eigenvalue weighted by Crippen LogP contribution is -2.54. The van der Waals surface area contributed by atoms with E-state index in [2.05, 4.69) is 6.07 Å². The van der Waals surface area contributed by atoms with Crippen molar-refractivity contribution in [2.24, 2.45) is 5.73 Å². The van der Waals surface area contributed by atoms with Gasteiger partial charge in [0.05, 0.1) is 18.2 Å². The van der Waals surface area contributed by atoms with Crippen LogP contribution in [-0.2, 0) is 16.1 Å². The zero-order valence-electron chi connectivity index (χ0n) is 12.3. The van der Waals surface area contributed by atoms with Gasteiger partial charge in [-0.05, 0) is 37.6 Å². The zero-order chi connectivity index (χ0) is 14.6. The molecular weight excluding hydrogens is 272 g/mol. The van der Waals surface area contributed by atoms with Crippen molar-refractivity contribution in [2.45, 2.75) is 51.3 Å². The summed E-state index contributed by atoms with van der Waals surface area (Å²) in [6.07, 6.45) is 2.91. The first kappa shape index (κ1) is 15.5. The maximum absolute atomic E-state index is 12.7. The summed E-state index contributed by atoms with van der Waals surface area (Å²) in [5.74, 6) is 0.0175. The van der Waals surface area contributed by atoms with Gasteiger partial charge >= 0.3 is 0 Å². The lowest BCUT2D eigenvalue weighted by molar-refractivity contribution is -0.138. The van der Waals surface area contributed by atoms with Gasteiger partial charge in [0.15, 0.2) is 0 Å². The largest absolute Gasteiger partial charge is 0.376 e. The Kier molecular flexibility index (Phi) is 5.18. The summed E-state index contributed by atoms with van der Waals surface area (Å²) < 4.78 is 5.67. The van der Waals surface area contributed by atoms with Crippen molar-refractivity contribution >= 4 is 17.2 Å². The van der Waals surface area contributed by atoms with Crippen molar-refractivity contribution in [3.8, 4) is 0 Å². The molecule has 1 aromatic heterocycles. The van der Waals surface area contributed by atoms with E-state index in [1.54, 1.807) is 11.3 Å². The number of nitrogens with zero attached hydrogens (tertiary/aromatic N) is 1. The normalized spacial score (nSPS) is 21.6. The topological polar surface area (TPSA) is 55.6 Å². The third kappa shape index (κ3) is 3.81. The number of amides is 1. The molecule has 0 spiro atoms. The molecule has 5 heteroatoms. The van der Waals surface area contributed by atoms with Crippen LogP contribution in [0.4, 0.5) is 0 Å². The van der Waals surface area contributed by atoms with Crippen LogP contribution < -0.4 is 5.73 Å². The van der Waals surface area contributed by atoms with E-state index < -0.39 is 5.54 Å². The van der Waals surface area contributed by atoms with Crippen LogP contribution in [-0.4, -0.2) is 35.6 Å². The molecule has 2 heterocycles. The van der Waals surface area contributed by atoms with Crippen molar-refractivity contribution in [1.82, 2.24) is 4.90 Å². The number of hydrogen-bond acceptors (Lipinski definition) is 4. The van der Waals surface area contributed by atoms with Gasteiger partial charge in [0.2, 0.25) is 5.91 Å². The van der Waals surface area contributed by atoms with E-state index >= 15 is 0 Å². The van der Waals surface area contributed by atoms with E-state index in [4.69, 9.17) is 10.5 Å². The number of hydrogen-bond donors (Lipinski definition) is 1. The molecule has 1 fully saturated rings. The van der Waals surface area contributed by atoms with E-state index in [1.807, 2.05) is 30.2 Å². The molecule has 1 aliphatic heterocycles. The maximum Gasteiger partial charge on any atom is 0.242 e. The van der Waals surface area contributed by atoms with Gasteiger partial charge < -0.3 is 15.4 Å². The summed E-state index contributed by atoms with van der Waals surface area (Å²) >= 11 is 1.67. The molecule has 1 amide bonds. The Labute approximate surface area is 124 Å². The molecule has 112 valence electrons. The molecule has 2 rings (SSSR count). The average molecular weight is 296 g/mol. The molecule has 0 radical (unpaired) electrons. The van der Waals surface area contributed by atoms with Crippen LogP contribution in [0.15, 0.2) is 17.5 Å². The summed E-state index contributed by atoms with van der Waals surface area (Å²) in [4.78, 5) is 15.7. The smallest absolute Gasteiger partial charge is 0.242 e. The van der Waals surface area contributed by atoms with Gasteiger partial charge in [-0.1, -0.05) is 13.0 Å². The summed E-state index contributed by atoms with van der Waals surface area (Å²) in [6.45, 7) is 5.84. The molecule has 4 nitrogen and oxygen atoms in total. The van der Waals surface area contributed by atoms with E-state index in [9.17, 15) is 4.79 Å². The minimum Gasteiger partial charge on any atom is -0.376 e. The van der Waals surface area contributed by atoms with Crippen molar-refractivity contribution < 1.29 is 9.53 Å². The van der Waals surface area contributed by atoms with Gasteiger partial charge in [-0.15, -0.1) is 11.3 Å². The van der Waals surface area contributed by atoms with Gasteiger partial charge in [0.25, 0.3) is 0 Å². The van der Waals surface area contributed by atoms with E-state index in [0.717, 1.165) is 19.4 Å². The molecule has 2 unspecified atom stereocenters. The molecule has 0 saturated carbocycles. The molecule has 1 saturated heterocycles. The Morgan fingerprint density at radius 3 is 3.00 bits per heavy atom. The zero-order valence-corrected chi connectivity index (χ0v) is 13.1. The Morgan fingerprint density at radius 1 is 1.65 bits per heavy atom. The number of carbonyl (C=O) groups excluding carboxylic acids is 1. The molecule has 2 atom stereocenters. The summed E-state index contributed by atoms with van der Waals surface area (Å²) in [5, 5.41) is 2.03. The Morgan fingerprint density at radius 2 is 2.45 bits per heavy atom. The van der Waals surface area contributed by atoms with E-state index in [0.29, 0.717) is 19.5 Å². The second-order valence-corrected chi connectivity index (χ2v) is 6.70. The Balaban J connectivity index is 2.08. The number of nitrogens with two attached hydrogens (primary N) is 1. The van der Waals surface area contributed by atoms with Crippen LogP contribution in [0.25, 0.3) is 0 Å². The predicted molar refractivity (Wildman–Crippen MR) is 81.6 cm³/mol. The molecule has 1 aromatic rings. The number of rotatable bonds is 6. The lowest BCUT2D eigenvalue weighted by atomic mass is 9.98. The summed E-state index contributed by atoms with van der Waals surface area (Å²) in [6, 6.07) is 4.07. The minimum atomic E-state index is -0.796. The molecule has 20 heavy (non-hydrogen) atoms. The highest BCUT2D eigenvalue weighted by Gasteiger charge is 2.33. The fourth-order valence-electron chi connectivity index (χ4n) is 2.36. The van der Waals surface area contributed by atoms with Crippen molar-refractivity contribution in [3.63, 3.8) is 0 Å². The van der Waals surface area contributed by atoms with Gasteiger partial charge in [0, 0.05) is 18.0 Å². The molecule has 2 N–H and O–H groups in total. The highest BCUT2D eigenvalue weighted by atomic mass is 32.1. The summed E-state index contributed by atoms with van der Waals surface area (Å²) in [5.41, 5.74) is 5.34. The first-order chi connectivity index (χ1) is 9.53. The standard InChI is InChI=1S/C15H24N2O2S/c1-3-15(2,16)14(18)17(10-12-6-4-8-19-12)11-13-7-5-9-20-13/h5,7,9,12H,3-4,6,8,10-11,16H2,1-2H3. The molecule has 0 aliphatic carbocycles. The van der Waals surface area contributed by atoms with Crippen LogP contribution in [0.3, 0.4) is 0 Å². The maximum atomic E-state index is 12.7. The molecule has 0 aromatic carbocycles. The molecule has 0 bridgehead atoms. The fraction of sp³-hybridized carbons (Fsp3) is 0.667. The van der Waals surface area contributed by atoms with Crippen molar-refractivity contribution in [2.75, 3.05) is 13.2 Å². The Hall–Kier alpha value is -0.910. The average Bonchev–Trinajstić information content (AvgIpc) is 3.10. The predicted octanol–water partition coefficient (Wildman–Crippen LogP) is 2.38. The van der Waals surface area contributed by atoms with E-state index in [1.165, 1.54) is 4.88 Å². The highest BCUT2D eigenvalue weighted by molar-refractivity contribution is 7.09. The Bertz CT molecular complexity index is 425. The fourth-order valence-corrected chi connectivity index (χ4v) is 3.08. The van der Waals surface area contributed by atoms with E-state index in [-0.39, 0.29) is 12.0 Å². The van der Waals surface area contributed by atoms with Gasteiger partial charge in [-0.25, -0.2) is 0 Å². The van der Waals surface area contributed by atoms with Crippen LogP contribution in [0.1, 0.15) is 38.0 Å². The lowest BCUT2D eigenvalue weighted by Gasteiger charge is -2.32. The van der Waals surface area contributed by atoms with Gasteiger partial charge in [-0.3, -0.25) is 4.79 Å². The minimum absolute atomic E-state index is 0.0175. The monoisotopic (exact) mass is 296 g/mol. The second kappa shape index (κ2) is 6.70. The van der Waals surface area contributed by atoms with Crippen LogP contribution in [0.2, 0.25) is 0 Å². The van der Waals surface area contributed by atoms with Crippen LogP contribution >= 0.6 is 11.3 Å².